The van der Waals surface area contributed by atoms with Crippen molar-refractivity contribution in [3.8, 4) is 5.75 Å². The Morgan fingerprint density at radius 3 is 3.05 bits per heavy atom. The topological polar surface area (TPSA) is 21.3 Å². The Bertz CT molecular complexity index is 498. The van der Waals surface area contributed by atoms with Crippen LogP contribution < -0.4 is 10.1 Å². The Morgan fingerprint density at radius 1 is 1.30 bits per heavy atom. The predicted octanol–water partition coefficient (Wildman–Crippen LogP) is 3.54. The van der Waals surface area contributed by atoms with Gasteiger partial charge >= 0.3 is 0 Å². The number of benzene rings is 1. The number of hydrogen-bond donors (Lipinski definition) is 1. The normalized spacial score (nSPS) is 32.1. The third kappa shape index (κ3) is 2.24. The molecule has 2 aliphatic carbocycles. The predicted molar refractivity (Wildman–Crippen MR) is 80.9 cm³/mol. The van der Waals surface area contributed by atoms with Crippen LogP contribution in [0.3, 0.4) is 0 Å². The zero-order valence-electron chi connectivity index (χ0n) is 12.4. The summed E-state index contributed by atoms with van der Waals surface area (Å²) in [6.45, 7) is 4.25. The van der Waals surface area contributed by atoms with Crippen LogP contribution in [0.5, 0.6) is 5.75 Å². The first-order chi connectivity index (χ1) is 9.79. The molecular formula is C18H25NO. The van der Waals surface area contributed by atoms with Gasteiger partial charge in [0.2, 0.25) is 0 Å². The maximum Gasteiger partial charge on any atom is 0.122 e. The van der Waals surface area contributed by atoms with Crippen LogP contribution in [0.1, 0.15) is 43.7 Å². The maximum atomic E-state index is 5.57. The standard InChI is InChI=1S/C18H25NO/c1-12(17-10-13-2-4-15(17)8-13)19-11-14-3-5-18-16(9-14)6-7-20-18/h3,5,9,12-13,15,17,19H,2,4,6-8,10-11H2,1H3. The minimum absolute atomic E-state index is 0.662. The fraction of sp³-hybridized carbons (Fsp3) is 0.667. The van der Waals surface area contributed by atoms with Crippen LogP contribution >= 0.6 is 0 Å². The van der Waals surface area contributed by atoms with Crippen LogP contribution in [0.2, 0.25) is 0 Å². The molecule has 2 heteroatoms. The molecule has 0 radical (unpaired) electrons. The van der Waals surface area contributed by atoms with Crippen LogP contribution in [0.25, 0.3) is 0 Å². The second-order valence-corrected chi connectivity index (χ2v) is 7.05. The van der Waals surface area contributed by atoms with Gasteiger partial charge in [0.15, 0.2) is 0 Å². The summed E-state index contributed by atoms with van der Waals surface area (Å²) in [4.78, 5) is 0. The smallest absolute Gasteiger partial charge is 0.122 e. The van der Waals surface area contributed by atoms with Crippen molar-refractivity contribution >= 4 is 0 Å². The molecule has 2 bridgehead atoms. The van der Waals surface area contributed by atoms with Gasteiger partial charge in [0.1, 0.15) is 5.75 Å². The second-order valence-electron chi connectivity index (χ2n) is 7.05. The summed E-state index contributed by atoms with van der Waals surface area (Å²) >= 11 is 0. The molecule has 0 saturated heterocycles. The van der Waals surface area contributed by atoms with Gasteiger partial charge in [-0.1, -0.05) is 18.6 Å². The minimum atomic E-state index is 0.662. The van der Waals surface area contributed by atoms with Crippen LogP contribution in [0.4, 0.5) is 0 Å². The minimum Gasteiger partial charge on any atom is -0.493 e. The van der Waals surface area contributed by atoms with Crippen molar-refractivity contribution in [2.75, 3.05) is 6.61 Å². The number of fused-ring (bicyclic) bond motifs is 3. The molecule has 1 aromatic carbocycles. The zero-order valence-corrected chi connectivity index (χ0v) is 12.4. The van der Waals surface area contributed by atoms with E-state index >= 15 is 0 Å². The third-order valence-electron chi connectivity index (χ3n) is 5.82. The lowest BCUT2D eigenvalue weighted by Crippen LogP contribution is -2.35. The second kappa shape index (κ2) is 5.07. The number of hydrogen-bond acceptors (Lipinski definition) is 2. The van der Waals surface area contributed by atoms with Gasteiger partial charge < -0.3 is 10.1 Å². The van der Waals surface area contributed by atoms with Crippen molar-refractivity contribution in [2.45, 2.75) is 51.6 Å². The average Bonchev–Trinajstić information content (AvgIpc) is 3.19. The molecule has 4 rings (SSSR count). The van der Waals surface area contributed by atoms with E-state index < -0.39 is 0 Å². The zero-order chi connectivity index (χ0) is 13.5. The van der Waals surface area contributed by atoms with Crippen LogP contribution in [-0.2, 0) is 13.0 Å². The molecule has 2 saturated carbocycles. The molecule has 4 unspecified atom stereocenters. The molecule has 108 valence electrons. The van der Waals surface area contributed by atoms with Gasteiger partial charge in [-0.05, 0) is 61.1 Å². The molecule has 1 aromatic rings. The summed E-state index contributed by atoms with van der Waals surface area (Å²) in [5.74, 6) is 4.07. The lowest BCUT2D eigenvalue weighted by atomic mass is 9.84. The summed E-state index contributed by atoms with van der Waals surface area (Å²) < 4.78 is 5.57. The molecule has 3 aliphatic rings. The third-order valence-corrected chi connectivity index (χ3v) is 5.82. The molecule has 4 atom stereocenters. The highest BCUT2D eigenvalue weighted by Crippen LogP contribution is 2.49. The summed E-state index contributed by atoms with van der Waals surface area (Å²) in [6, 6.07) is 7.34. The van der Waals surface area contributed by atoms with Gasteiger partial charge in [0.05, 0.1) is 6.61 Å². The Labute approximate surface area is 121 Å². The summed E-state index contributed by atoms with van der Waals surface area (Å²) in [5, 5.41) is 3.78. The van der Waals surface area contributed by atoms with Crippen LogP contribution in [0, 0.1) is 17.8 Å². The lowest BCUT2D eigenvalue weighted by Gasteiger charge is -2.28. The van der Waals surface area contributed by atoms with E-state index in [1.54, 1.807) is 0 Å². The quantitative estimate of drug-likeness (QED) is 0.904. The van der Waals surface area contributed by atoms with Crippen molar-refractivity contribution in [1.29, 1.82) is 0 Å². The van der Waals surface area contributed by atoms with Crippen LogP contribution in [0.15, 0.2) is 18.2 Å². The van der Waals surface area contributed by atoms with E-state index in [9.17, 15) is 0 Å². The van der Waals surface area contributed by atoms with Gasteiger partial charge in [-0.3, -0.25) is 0 Å². The Kier molecular flexibility index (Phi) is 3.22. The molecule has 20 heavy (non-hydrogen) atoms. The van der Waals surface area contributed by atoms with Gasteiger partial charge in [0, 0.05) is 19.0 Å². The molecule has 1 heterocycles. The monoisotopic (exact) mass is 271 g/mol. The number of ether oxygens (including phenoxy) is 1. The van der Waals surface area contributed by atoms with Crippen molar-refractivity contribution in [3.05, 3.63) is 29.3 Å². The lowest BCUT2D eigenvalue weighted by molar-refractivity contribution is 0.259. The fourth-order valence-electron chi connectivity index (χ4n) is 4.69. The maximum absolute atomic E-state index is 5.57. The number of rotatable bonds is 4. The van der Waals surface area contributed by atoms with E-state index in [2.05, 4.69) is 30.4 Å². The van der Waals surface area contributed by atoms with Gasteiger partial charge in [-0.25, -0.2) is 0 Å². The van der Waals surface area contributed by atoms with E-state index in [0.29, 0.717) is 6.04 Å². The molecule has 2 fully saturated rings. The summed E-state index contributed by atoms with van der Waals surface area (Å²) in [7, 11) is 0. The van der Waals surface area contributed by atoms with Crippen molar-refractivity contribution < 1.29 is 4.74 Å². The average molecular weight is 271 g/mol. The summed E-state index contributed by atoms with van der Waals surface area (Å²) in [5.41, 5.74) is 2.79. The SMILES string of the molecule is CC(NCc1ccc2c(c1)CCO2)C1CC2CCC1C2. The highest BCUT2D eigenvalue weighted by molar-refractivity contribution is 5.39. The largest absolute Gasteiger partial charge is 0.493 e. The Morgan fingerprint density at radius 2 is 2.25 bits per heavy atom. The van der Waals surface area contributed by atoms with Crippen LogP contribution in [-0.4, -0.2) is 12.6 Å². The molecule has 2 nitrogen and oxygen atoms in total. The van der Waals surface area contributed by atoms with E-state index in [4.69, 9.17) is 4.74 Å². The van der Waals surface area contributed by atoms with E-state index in [0.717, 1.165) is 43.1 Å². The molecule has 1 N–H and O–H groups in total. The first-order valence-corrected chi connectivity index (χ1v) is 8.27. The molecule has 0 amide bonds. The van der Waals surface area contributed by atoms with Crippen molar-refractivity contribution in [3.63, 3.8) is 0 Å². The Hall–Kier alpha value is -1.02. The molecule has 0 aromatic heterocycles. The van der Waals surface area contributed by atoms with Gasteiger partial charge in [-0.2, -0.15) is 0 Å². The highest BCUT2D eigenvalue weighted by Gasteiger charge is 2.41. The fourth-order valence-corrected chi connectivity index (χ4v) is 4.69. The van der Waals surface area contributed by atoms with E-state index in [-0.39, 0.29) is 0 Å². The Balaban J connectivity index is 1.36. The van der Waals surface area contributed by atoms with Gasteiger partial charge in [0.25, 0.3) is 0 Å². The van der Waals surface area contributed by atoms with E-state index in [1.807, 2.05) is 0 Å². The first-order valence-electron chi connectivity index (χ1n) is 8.27. The summed E-state index contributed by atoms with van der Waals surface area (Å²) in [6.07, 6.45) is 7.03. The molecular weight excluding hydrogens is 246 g/mol. The van der Waals surface area contributed by atoms with E-state index in [1.165, 1.54) is 36.8 Å². The van der Waals surface area contributed by atoms with Crippen molar-refractivity contribution in [1.82, 2.24) is 5.32 Å². The first kappa shape index (κ1) is 12.7. The molecule has 0 spiro atoms. The number of nitrogens with one attached hydrogen (secondary N) is 1. The molecule has 1 aliphatic heterocycles. The van der Waals surface area contributed by atoms with Crippen molar-refractivity contribution in [2.24, 2.45) is 17.8 Å². The van der Waals surface area contributed by atoms with Gasteiger partial charge in [-0.15, -0.1) is 0 Å². The highest BCUT2D eigenvalue weighted by atomic mass is 16.5.